The zero-order valence-corrected chi connectivity index (χ0v) is 10.6. The van der Waals surface area contributed by atoms with E-state index in [-0.39, 0.29) is 5.82 Å². The SMILES string of the molecule is Nc1ccc(F)cc1-n1nnnc1C1CCCCC1. The summed E-state index contributed by atoms with van der Waals surface area (Å²) in [6.45, 7) is 0. The van der Waals surface area contributed by atoms with E-state index >= 15 is 0 Å². The van der Waals surface area contributed by atoms with Crippen molar-refractivity contribution in [3.8, 4) is 5.69 Å². The highest BCUT2D eigenvalue weighted by molar-refractivity contribution is 5.57. The van der Waals surface area contributed by atoms with Gasteiger partial charge in [-0.1, -0.05) is 19.3 Å². The number of nitrogens with zero attached hydrogens (tertiary/aromatic N) is 4. The van der Waals surface area contributed by atoms with Gasteiger partial charge in [-0.15, -0.1) is 5.10 Å². The maximum atomic E-state index is 13.4. The second-order valence-electron chi connectivity index (χ2n) is 4.99. The first-order valence-electron chi connectivity index (χ1n) is 6.59. The molecule has 1 heterocycles. The van der Waals surface area contributed by atoms with Crippen LogP contribution in [0, 0.1) is 5.82 Å². The van der Waals surface area contributed by atoms with E-state index in [1.165, 1.54) is 37.5 Å². The van der Waals surface area contributed by atoms with Gasteiger partial charge in [-0.25, -0.2) is 4.39 Å². The van der Waals surface area contributed by atoms with Crippen LogP contribution >= 0.6 is 0 Å². The van der Waals surface area contributed by atoms with Crippen molar-refractivity contribution in [1.29, 1.82) is 0 Å². The standard InChI is InChI=1S/C13H16FN5/c14-10-6-7-11(15)12(8-10)19-13(16-17-18-19)9-4-2-1-3-5-9/h6-9H,1-5,15H2. The Balaban J connectivity index is 2.01. The summed E-state index contributed by atoms with van der Waals surface area (Å²) in [7, 11) is 0. The molecule has 0 unspecified atom stereocenters. The predicted octanol–water partition coefficient (Wildman–Crippen LogP) is 2.43. The molecule has 100 valence electrons. The summed E-state index contributed by atoms with van der Waals surface area (Å²) >= 11 is 0. The molecule has 2 N–H and O–H groups in total. The molecule has 1 aliphatic carbocycles. The van der Waals surface area contributed by atoms with Crippen LogP contribution in [0.15, 0.2) is 18.2 Å². The van der Waals surface area contributed by atoms with Crippen molar-refractivity contribution in [1.82, 2.24) is 20.2 Å². The summed E-state index contributed by atoms with van der Waals surface area (Å²) in [4.78, 5) is 0. The van der Waals surface area contributed by atoms with E-state index in [2.05, 4.69) is 15.5 Å². The molecule has 3 rings (SSSR count). The van der Waals surface area contributed by atoms with Gasteiger partial charge in [-0.3, -0.25) is 0 Å². The molecule has 1 aromatic carbocycles. The van der Waals surface area contributed by atoms with Crippen LogP contribution in [0.5, 0.6) is 0 Å². The summed E-state index contributed by atoms with van der Waals surface area (Å²) < 4.78 is 15.0. The van der Waals surface area contributed by atoms with Gasteiger partial charge in [-0.05, 0) is 35.4 Å². The number of tetrazole rings is 1. The summed E-state index contributed by atoms with van der Waals surface area (Å²) in [5.74, 6) is 0.790. The van der Waals surface area contributed by atoms with Crippen LogP contribution in [0.2, 0.25) is 0 Å². The average molecular weight is 261 g/mol. The fourth-order valence-corrected chi connectivity index (χ4v) is 2.68. The number of hydrogen-bond acceptors (Lipinski definition) is 4. The highest BCUT2D eigenvalue weighted by atomic mass is 19.1. The lowest BCUT2D eigenvalue weighted by molar-refractivity contribution is 0.422. The van der Waals surface area contributed by atoms with Gasteiger partial charge in [0, 0.05) is 12.0 Å². The van der Waals surface area contributed by atoms with Gasteiger partial charge < -0.3 is 5.73 Å². The summed E-state index contributed by atoms with van der Waals surface area (Å²) in [6.07, 6.45) is 5.80. The smallest absolute Gasteiger partial charge is 0.159 e. The van der Waals surface area contributed by atoms with Crippen molar-refractivity contribution in [2.24, 2.45) is 0 Å². The van der Waals surface area contributed by atoms with E-state index < -0.39 is 0 Å². The zero-order chi connectivity index (χ0) is 13.2. The lowest BCUT2D eigenvalue weighted by Gasteiger charge is -2.20. The second kappa shape index (κ2) is 4.95. The van der Waals surface area contributed by atoms with Crippen molar-refractivity contribution in [2.45, 2.75) is 38.0 Å². The fraction of sp³-hybridized carbons (Fsp3) is 0.462. The van der Waals surface area contributed by atoms with Gasteiger partial charge in [0.2, 0.25) is 0 Å². The molecule has 1 aliphatic rings. The molecule has 0 atom stereocenters. The van der Waals surface area contributed by atoms with Crippen molar-refractivity contribution >= 4 is 5.69 Å². The summed E-state index contributed by atoms with van der Waals surface area (Å²) in [5, 5.41) is 11.8. The molecule has 0 amide bonds. The molecule has 19 heavy (non-hydrogen) atoms. The van der Waals surface area contributed by atoms with E-state index in [1.54, 1.807) is 4.68 Å². The Kier molecular flexibility index (Phi) is 3.15. The van der Waals surface area contributed by atoms with Crippen LogP contribution < -0.4 is 5.73 Å². The monoisotopic (exact) mass is 261 g/mol. The molecule has 1 aromatic heterocycles. The van der Waals surface area contributed by atoms with Crippen molar-refractivity contribution in [3.63, 3.8) is 0 Å². The molecule has 5 nitrogen and oxygen atoms in total. The first-order chi connectivity index (χ1) is 9.25. The molecule has 0 aliphatic heterocycles. The summed E-state index contributed by atoms with van der Waals surface area (Å²) in [6, 6.07) is 4.25. The lowest BCUT2D eigenvalue weighted by atomic mass is 9.88. The molecule has 2 aromatic rings. The van der Waals surface area contributed by atoms with E-state index in [0.717, 1.165) is 18.7 Å². The number of nitrogens with two attached hydrogens (primary N) is 1. The Hall–Kier alpha value is -1.98. The van der Waals surface area contributed by atoms with Crippen LogP contribution in [-0.4, -0.2) is 20.2 Å². The predicted molar refractivity (Wildman–Crippen MR) is 69.4 cm³/mol. The van der Waals surface area contributed by atoms with Crippen LogP contribution in [0.1, 0.15) is 43.8 Å². The third kappa shape index (κ3) is 2.30. The van der Waals surface area contributed by atoms with E-state index in [4.69, 9.17) is 5.73 Å². The quantitative estimate of drug-likeness (QED) is 0.843. The largest absolute Gasteiger partial charge is 0.397 e. The van der Waals surface area contributed by atoms with Crippen molar-refractivity contribution in [2.75, 3.05) is 5.73 Å². The fourth-order valence-electron chi connectivity index (χ4n) is 2.68. The van der Waals surface area contributed by atoms with Gasteiger partial charge in [0.05, 0.1) is 11.4 Å². The Morgan fingerprint density at radius 2 is 2.00 bits per heavy atom. The number of rotatable bonds is 2. The molecular formula is C13H16FN5. The van der Waals surface area contributed by atoms with Crippen LogP contribution in [0.4, 0.5) is 10.1 Å². The first-order valence-corrected chi connectivity index (χ1v) is 6.59. The molecule has 1 fully saturated rings. The summed E-state index contributed by atoms with van der Waals surface area (Å²) in [5.41, 5.74) is 6.89. The van der Waals surface area contributed by atoms with Gasteiger partial charge in [-0.2, -0.15) is 4.68 Å². The van der Waals surface area contributed by atoms with Crippen molar-refractivity contribution in [3.05, 3.63) is 29.8 Å². The van der Waals surface area contributed by atoms with Gasteiger partial charge in [0.1, 0.15) is 5.82 Å². The number of halogens is 1. The van der Waals surface area contributed by atoms with Crippen molar-refractivity contribution < 1.29 is 4.39 Å². The van der Waals surface area contributed by atoms with Crippen LogP contribution in [0.3, 0.4) is 0 Å². The average Bonchev–Trinajstić information content (AvgIpc) is 2.91. The van der Waals surface area contributed by atoms with Crippen LogP contribution in [-0.2, 0) is 0 Å². The molecule has 0 saturated heterocycles. The topological polar surface area (TPSA) is 69.6 Å². The van der Waals surface area contributed by atoms with E-state index in [9.17, 15) is 4.39 Å². The Morgan fingerprint density at radius 3 is 2.79 bits per heavy atom. The Labute approximate surface area is 110 Å². The minimum absolute atomic E-state index is 0.339. The number of nitrogen functional groups attached to an aromatic ring is 1. The van der Waals surface area contributed by atoms with E-state index in [0.29, 0.717) is 17.3 Å². The van der Waals surface area contributed by atoms with E-state index in [1.807, 2.05) is 0 Å². The Bertz CT molecular complexity index is 574. The third-order valence-electron chi connectivity index (χ3n) is 3.68. The number of aromatic nitrogens is 4. The molecule has 0 bridgehead atoms. The number of hydrogen-bond donors (Lipinski definition) is 1. The number of anilines is 1. The molecule has 0 spiro atoms. The molecule has 6 heteroatoms. The first kappa shape index (κ1) is 12.1. The highest BCUT2D eigenvalue weighted by Gasteiger charge is 2.23. The normalized spacial score (nSPS) is 16.7. The number of benzene rings is 1. The highest BCUT2D eigenvalue weighted by Crippen LogP contribution is 2.32. The molecule has 0 radical (unpaired) electrons. The van der Waals surface area contributed by atoms with Gasteiger partial charge in [0.15, 0.2) is 5.82 Å². The third-order valence-corrected chi connectivity index (χ3v) is 3.68. The molecule has 1 saturated carbocycles. The minimum Gasteiger partial charge on any atom is -0.397 e. The Morgan fingerprint density at radius 1 is 1.21 bits per heavy atom. The maximum Gasteiger partial charge on any atom is 0.159 e. The van der Waals surface area contributed by atoms with Gasteiger partial charge in [0.25, 0.3) is 0 Å². The molecular weight excluding hydrogens is 245 g/mol. The minimum atomic E-state index is -0.339. The van der Waals surface area contributed by atoms with Gasteiger partial charge >= 0.3 is 0 Å². The van der Waals surface area contributed by atoms with Crippen LogP contribution in [0.25, 0.3) is 5.69 Å². The zero-order valence-electron chi connectivity index (χ0n) is 10.6. The maximum absolute atomic E-state index is 13.4. The lowest BCUT2D eigenvalue weighted by Crippen LogP contribution is -2.13. The second-order valence-corrected chi connectivity index (χ2v) is 4.99.